The van der Waals surface area contributed by atoms with Gasteiger partial charge in [-0.3, -0.25) is 4.79 Å². The summed E-state index contributed by atoms with van der Waals surface area (Å²) in [5.74, 6) is 2.71. The molecule has 0 saturated heterocycles. The van der Waals surface area contributed by atoms with Crippen LogP contribution in [0.1, 0.15) is 92.4 Å². The third-order valence-electron chi connectivity index (χ3n) is 10.9. The number of ether oxygens (including phenoxy) is 1. The zero-order chi connectivity index (χ0) is 24.8. The fraction of sp³-hybridized carbons (Fsp3) is 0.833. The van der Waals surface area contributed by atoms with E-state index in [-0.39, 0.29) is 28.8 Å². The average molecular weight is 473 g/mol. The quantitative estimate of drug-likeness (QED) is 0.349. The Hall–Kier alpha value is -1.13. The number of hydrogen-bond acceptors (Lipinski definition) is 4. The maximum Gasteiger partial charge on any atom is 0.302 e. The highest BCUT2D eigenvalue weighted by Gasteiger charge is 2.62. The van der Waals surface area contributed by atoms with Crippen molar-refractivity contribution in [3.05, 3.63) is 23.8 Å². The van der Waals surface area contributed by atoms with E-state index >= 15 is 0 Å². The maximum absolute atomic E-state index is 11.8. The SMILES string of the molecule is C=C(CC[C@@H](C)[C@H]1CC[C@H]2[C@@H]3[C@@H](O)C=C4C[C@@H](O)CC[C@]4(COC(C)=O)[C@H]3CC[C@]12C)C(C)C. The third kappa shape index (κ3) is 4.43. The van der Waals surface area contributed by atoms with Gasteiger partial charge in [-0.15, -0.1) is 0 Å². The molecule has 34 heavy (non-hydrogen) atoms. The number of esters is 1. The van der Waals surface area contributed by atoms with Gasteiger partial charge in [-0.2, -0.15) is 0 Å². The molecule has 4 aliphatic rings. The van der Waals surface area contributed by atoms with Gasteiger partial charge in [0.15, 0.2) is 0 Å². The number of fused-ring (bicyclic) bond motifs is 5. The molecule has 0 aliphatic heterocycles. The van der Waals surface area contributed by atoms with Gasteiger partial charge in [0.05, 0.1) is 12.2 Å². The Bertz CT molecular complexity index is 815. The van der Waals surface area contributed by atoms with E-state index in [0.29, 0.717) is 42.6 Å². The van der Waals surface area contributed by atoms with E-state index < -0.39 is 6.10 Å². The molecule has 192 valence electrons. The Morgan fingerprint density at radius 1 is 1.15 bits per heavy atom. The van der Waals surface area contributed by atoms with E-state index in [4.69, 9.17) is 4.74 Å². The molecule has 0 aromatic rings. The Balaban J connectivity index is 1.59. The highest BCUT2D eigenvalue weighted by molar-refractivity contribution is 5.66. The molecule has 4 heteroatoms. The van der Waals surface area contributed by atoms with Crippen molar-refractivity contribution in [2.24, 2.45) is 46.3 Å². The lowest BCUT2D eigenvalue weighted by molar-refractivity contribution is -0.153. The van der Waals surface area contributed by atoms with Gasteiger partial charge in [0, 0.05) is 12.3 Å². The summed E-state index contributed by atoms with van der Waals surface area (Å²) >= 11 is 0. The number of rotatable bonds is 7. The molecule has 4 nitrogen and oxygen atoms in total. The first-order chi connectivity index (χ1) is 16.0. The van der Waals surface area contributed by atoms with E-state index in [1.54, 1.807) is 0 Å². The van der Waals surface area contributed by atoms with Crippen LogP contribution in [0.4, 0.5) is 0 Å². The van der Waals surface area contributed by atoms with E-state index in [1.807, 2.05) is 0 Å². The molecule has 0 unspecified atom stereocenters. The topological polar surface area (TPSA) is 66.8 Å². The normalized spacial score (nSPS) is 42.3. The largest absolute Gasteiger partial charge is 0.465 e. The summed E-state index contributed by atoms with van der Waals surface area (Å²) in [6, 6.07) is 0. The molecule has 9 atom stereocenters. The second kappa shape index (κ2) is 9.73. The molecule has 0 amide bonds. The number of aliphatic hydroxyl groups is 2. The van der Waals surface area contributed by atoms with E-state index in [2.05, 4.69) is 40.3 Å². The Morgan fingerprint density at radius 3 is 2.56 bits per heavy atom. The molecule has 2 N–H and O–H groups in total. The Morgan fingerprint density at radius 2 is 1.88 bits per heavy atom. The molecular formula is C30H48O4. The standard InChI is InChI=1S/C30H48O4/c1-18(2)19(3)7-8-20(4)24-9-10-25-28-26(12-13-29(24,25)6)30(17-34-21(5)31)14-11-23(32)15-22(30)16-27(28)33/h16,18,20,23-28,32-33H,3,7-15,17H2,1-2,4-6H3/t20-,23+,24-,25+,26+,27+,28+,29-,30-/m1/s1. The molecule has 3 fully saturated rings. The summed E-state index contributed by atoms with van der Waals surface area (Å²) in [5, 5.41) is 21.9. The molecule has 0 aromatic carbocycles. The van der Waals surface area contributed by atoms with Crippen molar-refractivity contribution in [1.82, 2.24) is 0 Å². The molecule has 3 saturated carbocycles. The zero-order valence-electron chi connectivity index (χ0n) is 22.2. The zero-order valence-corrected chi connectivity index (χ0v) is 22.2. The smallest absolute Gasteiger partial charge is 0.302 e. The average Bonchev–Trinajstić information content (AvgIpc) is 3.13. The summed E-state index contributed by atoms with van der Waals surface area (Å²) in [6.45, 7) is 15.6. The van der Waals surface area contributed by atoms with Gasteiger partial charge in [0.25, 0.3) is 0 Å². The maximum atomic E-state index is 11.8. The van der Waals surface area contributed by atoms with Crippen LogP contribution in [-0.2, 0) is 9.53 Å². The van der Waals surface area contributed by atoms with Gasteiger partial charge in [0.1, 0.15) is 6.61 Å². The molecule has 4 rings (SSSR count). The van der Waals surface area contributed by atoms with Crippen LogP contribution in [0.5, 0.6) is 0 Å². The molecule has 0 spiro atoms. The first-order valence-corrected chi connectivity index (χ1v) is 13.9. The van der Waals surface area contributed by atoms with Gasteiger partial charge in [-0.05, 0) is 98.7 Å². The predicted molar refractivity (Wildman–Crippen MR) is 136 cm³/mol. The predicted octanol–water partition coefficient (Wildman–Crippen LogP) is 6.07. The monoisotopic (exact) mass is 472 g/mol. The van der Waals surface area contributed by atoms with Crippen molar-refractivity contribution in [2.75, 3.05) is 6.61 Å². The molecule has 0 radical (unpaired) electrons. The van der Waals surface area contributed by atoms with Crippen molar-refractivity contribution < 1.29 is 19.7 Å². The number of carbonyl (C=O) groups is 1. The van der Waals surface area contributed by atoms with Crippen LogP contribution in [0.25, 0.3) is 0 Å². The van der Waals surface area contributed by atoms with Crippen LogP contribution in [0, 0.1) is 46.3 Å². The fourth-order valence-electron chi connectivity index (χ4n) is 8.81. The van der Waals surface area contributed by atoms with E-state index in [0.717, 1.165) is 31.3 Å². The van der Waals surface area contributed by atoms with Crippen LogP contribution in [0.15, 0.2) is 23.8 Å². The van der Waals surface area contributed by atoms with Crippen molar-refractivity contribution in [3.8, 4) is 0 Å². The second-order valence-corrected chi connectivity index (χ2v) is 12.9. The number of aliphatic hydroxyl groups excluding tert-OH is 2. The summed E-state index contributed by atoms with van der Waals surface area (Å²) in [4.78, 5) is 11.8. The van der Waals surface area contributed by atoms with Crippen molar-refractivity contribution in [1.29, 1.82) is 0 Å². The lowest BCUT2D eigenvalue weighted by atomic mass is 9.46. The van der Waals surface area contributed by atoms with Gasteiger partial charge in [0.2, 0.25) is 0 Å². The molecule has 4 aliphatic carbocycles. The van der Waals surface area contributed by atoms with Gasteiger partial charge in [-0.25, -0.2) is 0 Å². The third-order valence-corrected chi connectivity index (χ3v) is 10.9. The van der Waals surface area contributed by atoms with Gasteiger partial charge < -0.3 is 14.9 Å². The first kappa shape index (κ1) is 25.9. The van der Waals surface area contributed by atoms with Crippen LogP contribution < -0.4 is 0 Å². The molecular weight excluding hydrogens is 424 g/mol. The fourth-order valence-corrected chi connectivity index (χ4v) is 8.81. The Labute approximate surface area is 207 Å². The van der Waals surface area contributed by atoms with E-state index in [1.165, 1.54) is 38.2 Å². The minimum absolute atomic E-state index is 0.213. The van der Waals surface area contributed by atoms with Gasteiger partial charge in [-0.1, -0.05) is 51.5 Å². The van der Waals surface area contributed by atoms with Crippen molar-refractivity contribution >= 4 is 5.97 Å². The number of carbonyl (C=O) groups excluding carboxylic acids is 1. The van der Waals surface area contributed by atoms with Crippen LogP contribution in [-0.4, -0.2) is 35.0 Å². The summed E-state index contributed by atoms with van der Waals surface area (Å²) in [5.41, 5.74) is 2.54. The summed E-state index contributed by atoms with van der Waals surface area (Å²) in [6.07, 6.45) is 10.5. The molecule has 0 bridgehead atoms. The highest BCUT2D eigenvalue weighted by atomic mass is 16.5. The van der Waals surface area contributed by atoms with Crippen LogP contribution >= 0.6 is 0 Å². The number of allylic oxidation sites excluding steroid dienone is 1. The Kier molecular flexibility index (Phi) is 7.43. The van der Waals surface area contributed by atoms with Crippen LogP contribution in [0.2, 0.25) is 0 Å². The highest BCUT2D eigenvalue weighted by Crippen LogP contribution is 2.67. The first-order valence-electron chi connectivity index (χ1n) is 13.9. The molecule has 0 heterocycles. The second-order valence-electron chi connectivity index (χ2n) is 12.9. The van der Waals surface area contributed by atoms with Crippen molar-refractivity contribution in [3.63, 3.8) is 0 Å². The molecule has 0 aromatic heterocycles. The van der Waals surface area contributed by atoms with Crippen LogP contribution in [0.3, 0.4) is 0 Å². The van der Waals surface area contributed by atoms with E-state index in [9.17, 15) is 15.0 Å². The minimum Gasteiger partial charge on any atom is -0.465 e. The number of hydrogen-bond donors (Lipinski definition) is 2. The van der Waals surface area contributed by atoms with Crippen molar-refractivity contribution in [2.45, 2.75) is 105 Å². The summed E-state index contributed by atoms with van der Waals surface area (Å²) in [7, 11) is 0. The lowest BCUT2D eigenvalue weighted by Gasteiger charge is -2.60. The lowest BCUT2D eigenvalue weighted by Crippen LogP contribution is -2.57. The van der Waals surface area contributed by atoms with Gasteiger partial charge >= 0.3 is 5.97 Å². The summed E-state index contributed by atoms with van der Waals surface area (Å²) < 4.78 is 5.68. The minimum atomic E-state index is -0.463.